The van der Waals surface area contributed by atoms with Gasteiger partial charge >= 0.3 is 0 Å². The SMILES string of the molecule is CN(CCNC(C)(C)C)CCNC(C)(C)S. The van der Waals surface area contributed by atoms with E-state index in [0.29, 0.717) is 0 Å². The topological polar surface area (TPSA) is 27.3 Å². The molecule has 0 rings (SSSR count). The molecule has 0 aromatic heterocycles. The fraction of sp³-hybridized carbons (Fsp3) is 1.00. The van der Waals surface area contributed by atoms with Crippen molar-refractivity contribution in [1.29, 1.82) is 0 Å². The van der Waals surface area contributed by atoms with Gasteiger partial charge in [0.05, 0.1) is 4.87 Å². The highest BCUT2D eigenvalue weighted by molar-refractivity contribution is 7.81. The summed E-state index contributed by atoms with van der Waals surface area (Å²) in [5, 5.41) is 6.84. The molecule has 0 heterocycles. The van der Waals surface area contributed by atoms with Gasteiger partial charge in [0.15, 0.2) is 0 Å². The molecule has 98 valence electrons. The summed E-state index contributed by atoms with van der Waals surface area (Å²) in [6, 6.07) is 0. The third-order valence-electron chi connectivity index (χ3n) is 2.20. The Morgan fingerprint density at radius 2 is 1.38 bits per heavy atom. The number of hydrogen-bond donors (Lipinski definition) is 3. The zero-order valence-corrected chi connectivity index (χ0v) is 12.6. The molecular weight excluding hydrogens is 218 g/mol. The minimum absolute atomic E-state index is 0.0789. The number of nitrogens with zero attached hydrogens (tertiary/aromatic N) is 1. The van der Waals surface area contributed by atoms with Crippen LogP contribution in [0, 0.1) is 0 Å². The summed E-state index contributed by atoms with van der Waals surface area (Å²) < 4.78 is 0. The first kappa shape index (κ1) is 16.2. The summed E-state index contributed by atoms with van der Waals surface area (Å²) >= 11 is 4.42. The van der Waals surface area contributed by atoms with Crippen LogP contribution < -0.4 is 10.6 Å². The number of hydrogen-bond acceptors (Lipinski definition) is 4. The fourth-order valence-corrected chi connectivity index (χ4v) is 1.40. The normalized spacial score (nSPS) is 13.5. The zero-order chi connectivity index (χ0) is 12.8. The van der Waals surface area contributed by atoms with Gasteiger partial charge in [0, 0.05) is 31.7 Å². The molecule has 0 aliphatic carbocycles. The average Bonchev–Trinajstić information content (AvgIpc) is 1.98. The Bertz CT molecular complexity index is 162. The van der Waals surface area contributed by atoms with Crippen molar-refractivity contribution < 1.29 is 0 Å². The van der Waals surface area contributed by atoms with Crippen LogP contribution in [0.4, 0.5) is 0 Å². The second kappa shape index (κ2) is 6.84. The van der Waals surface area contributed by atoms with Gasteiger partial charge in [-0.05, 0) is 41.7 Å². The molecule has 0 radical (unpaired) electrons. The Balaban J connectivity index is 3.49. The Hall–Kier alpha value is 0.230. The fourth-order valence-electron chi connectivity index (χ4n) is 1.29. The van der Waals surface area contributed by atoms with E-state index in [1.165, 1.54) is 0 Å². The molecule has 0 aromatic rings. The van der Waals surface area contributed by atoms with Crippen LogP contribution in [0.25, 0.3) is 0 Å². The largest absolute Gasteiger partial charge is 0.311 e. The van der Waals surface area contributed by atoms with Crippen molar-refractivity contribution in [3.63, 3.8) is 0 Å². The molecule has 2 N–H and O–H groups in total. The molecule has 3 nitrogen and oxygen atoms in total. The highest BCUT2D eigenvalue weighted by Crippen LogP contribution is 2.05. The lowest BCUT2D eigenvalue weighted by Crippen LogP contribution is -2.43. The Kier molecular flexibility index (Phi) is 6.94. The van der Waals surface area contributed by atoms with E-state index >= 15 is 0 Å². The van der Waals surface area contributed by atoms with Crippen LogP contribution >= 0.6 is 12.6 Å². The molecule has 0 fully saturated rings. The predicted octanol–water partition coefficient (Wildman–Crippen LogP) is 1.56. The first-order chi connectivity index (χ1) is 7.10. The van der Waals surface area contributed by atoms with Gasteiger partial charge in [0.25, 0.3) is 0 Å². The number of thiol groups is 1. The molecule has 0 bridgehead atoms. The highest BCUT2D eigenvalue weighted by atomic mass is 32.1. The maximum absolute atomic E-state index is 4.42. The van der Waals surface area contributed by atoms with E-state index in [1.54, 1.807) is 0 Å². The molecule has 16 heavy (non-hydrogen) atoms. The molecule has 0 saturated heterocycles. The second-order valence-corrected chi connectivity index (χ2v) is 7.08. The summed E-state index contributed by atoms with van der Waals surface area (Å²) in [5.74, 6) is 0. The van der Waals surface area contributed by atoms with Crippen molar-refractivity contribution in [1.82, 2.24) is 15.5 Å². The minimum Gasteiger partial charge on any atom is -0.311 e. The number of rotatable bonds is 7. The molecule has 0 aliphatic heterocycles. The smallest absolute Gasteiger partial charge is 0.0558 e. The Labute approximate surface area is 107 Å². The summed E-state index contributed by atoms with van der Waals surface area (Å²) in [7, 11) is 2.15. The minimum atomic E-state index is -0.0789. The Morgan fingerprint density at radius 3 is 1.75 bits per heavy atom. The van der Waals surface area contributed by atoms with Crippen molar-refractivity contribution in [2.45, 2.75) is 45.0 Å². The third kappa shape index (κ3) is 12.3. The van der Waals surface area contributed by atoms with E-state index in [2.05, 4.69) is 69.8 Å². The zero-order valence-electron chi connectivity index (χ0n) is 11.7. The number of nitrogens with one attached hydrogen (secondary N) is 2. The predicted molar refractivity (Wildman–Crippen MR) is 76.3 cm³/mol. The van der Waals surface area contributed by atoms with E-state index in [-0.39, 0.29) is 10.4 Å². The first-order valence-electron chi connectivity index (χ1n) is 6.01. The lowest BCUT2D eigenvalue weighted by atomic mass is 10.1. The van der Waals surface area contributed by atoms with Crippen LogP contribution in [0.1, 0.15) is 34.6 Å². The molecule has 0 aliphatic rings. The van der Waals surface area contributed by atoms with Crippen LogP contribution in [-0.2, 0) is 0 Å². The van der Waals surface area contributed by atoms with Gasteiger partial charge in [-0.15, -0.1) is 0 Å². The standard InChI is InChI=1S/C12H29N3S/c1-11(2,3)13-7-9-15(6)10-8-14-12(4,5)16/h13-14,16H,7-10H2,1-6H3. The maximum Gasteiger partial charge on any atom is 0.0558 e. The molecule has 4 heteroatoms. The van der Waals surface area contributed by atoms with Gasteiger partial charge in [-0.25, -0.2) is 0 Å². The van der Waals surface area contributed by atoms with Gasteiger partial charge in [-0.1, -0.05) is 0 Å². The van der Waals surface area contributed by atoms with E-state index in [0.717, 1.165) is 26.2 Å². The van der Waals surface area contributed by atoms with Crippen molar-refractivity contribution in [3.05, 3.63) is 0 Å². The summed E-state index contributed by atoms with van der Waals surface area (Å²) in [5.41, 5.74) is 0.214. The van der Waals surface area contributed by atoms with Crippen LogP contribution in [-0.4, -0.2) is 48.5 Å². The van der Waals surface area contributed by atoms with Crippen molar-refractivity contribution in [2.24, 2.45) is 0 Å². The molecule has 0 saturated carbocycles. The molecule has 0 unspecified atom stereocenters. The molecule has 0 amide bonds. The quantitative estimate of drug-likeness (QED) is 0.471. The lowest BCUT2D eigenvalue weighted by Gasteiger charge is -2.25. The summed E-state index contributed by atoms with van der Waals surface area (Å²) in [6.07, 6.45) is 0. The highest BCUT2D eigenvalue weighted by Gasteiger charge is 2.10. The van der Waals surface area contributed by atoms with Crippen molar-refractivity contribution >= 4 is 12.6 Å². The van der Waals surface area contributed by atoms with E-state index in [9.17, 15) is 0 Å². The van der Waals surface area contributed by atoms with Crippen LogP contribution in [0.5, 0.6) is 0 Å². The van der Waals surface area contributed by atoms with E-state index in [1.807, 2.05) is 0 Å². The maximum atomic E-state index is 4.42. The van der Waals surface area contributed by atoms with Gasteiger partial charge in [0.2, 0.25) is 0 Å². The molecule has 0 spiro atoms. The average molecular weight is 247 g/mol. The van der Waals surface area contributed by atoms with Crippen LogP contribution in [0.2, 0.25) is 0 Å². The van der Waals surface area contributed by atoms with Gasteiger partial charge in [-0.3, -0.25) is 0 Å². The van der Waals surface area contributed by atoms with E-state index in [4.69, 9.17) is 0 Å². The van der Waals surface area contributed by atoms with Gasteiger partial charge in [0.1, 0.15) is 0 Å². The van der Waals surface area contributed by atoms with Gasteiger partial charge < -0.3 is 15.5 Å². The monoisotopic (exact) mass is 247 g/mol. The first-order valence-corrected chi connectivity index (χ1v) is 6.46. The number of likely N-dealkylation sites (N-methyl/N-ethyl adjacent to an activating group) is 1. The van der Waals surface area contributed by atoms with Crippen molar-refractivity contribution in [3.8, 4) is 0 Å². The van der Waals surface area contributed by atoms with Crippen molar-refractivity contribution in [2.75, 3.05) is 33.2 Å². The van der Waals surface area contributed by atoms with Gasteiger partial charge in [-0.2, -0.15) is 12.6 Å². The van der Waals surface area contributed by atoms with Crippen LogP contribution in [0.15, 0.2) is 0 Å². The summed E-state index contributed by atoms with van der Waals surface area (Å²) in [4.78, 5) is 2.25. The second-order valence-electron chi connectivity index (χ2n) is 5.97. The van der Waals surface area contributed by atoms with Crippen LogP contribution in [0.3, 0.4) is 0 Å². The lowest BCUT2D eigenvalue weighted by molar-refractivity contribution is 0.303. The Morgan fingerprint density at radius 1 is 0.938 bits per heavy atom. The molecular formula is C12H29N3S. The third-order valence-corrected chi connectivity index (χ3v) is 2.36. The van der Waals surface area contributed by atoms with E-state index < -0.39 is 0 Å². The molecule has 0 aromatic carbocycles. The molecule has 0 atom stereocenters. The summed E-state index contributed by atoms with van der Waals surface area (Å²) in [6.45, 7) is 14.8.